The number of carbonyl (C=O) groups excluding carboxylic acids is 1. The molecule has 0 aromatic heterocycles. The Morgan fingerprint density at radius 2 is 2.37 bits per heavy atom. The van der Waals surface area contributed by atoms with Crippen molar-refractivity contribution in [1.82, 2.24) is 10.6 Å². The number of rotatable bonds is 4. The van der Waals surface area contributed by atoms with Crippen molar-refractivity contribution in [2.75, 3.05) is 11.6 Å². The third-order valence-electron chi connectivity index (χ3n) is 2.79. The molecule has 1 unspecified atom stereocenters. The molecule has 0 spiro atoms. The molecule has 1 amide bonds. The number of benzene rings is 1. The van der Waals surface area contributed by atoms with Gasteiger partial charge in [-0.15, -0.1) is 24.2 Å². The zero-order valence-corrected chi connectivity index (χ0v) is 11.8. The van der Waals surface area contributed by atoms with Gasteiger partial charge in [0, 0.05) is 23.7 Å². The molecular weight excluding hydrogens is 291 g/mol. The predicted molar refractivity (Wildman–Crippen MR) is 75.7 cm³/mol. The predicted octanol–water partition coefficient (Wildman–Crippen LogP) is 1.02. The van der Waals surface area contributed by atoms with Crippen molar-refractivity contribution in [3.8, 4) is 0 Å². The third kappa shape index (κ3) is 4.35. The zero-order chi connectivity index (χ0) is 13.0. The number of hydrogen-bond donors (Lipinski definition) is 3. The number of aliphatic hydroxyl groups excluding tert-OH is 1. The quantitative estimate of drug-likeness (QED) is 0.777. The summed E-state index contributed by atoms with van der Waals surface area (Å²) in [5.41, 5.74) is 0.947. The summed E-state index contributed by atoms with van der Waals surface area (Å²) >= 11 is 1.68. The SMILES string of the molecule is Cl.O=C(NCc1ccc(CO)c(F)c1)C1CSCN1. The minimum Gasteiger partial charge on any atom is -0.392 e. The lowest BCUT2D eigenvalue weighted by molar-refractivity contribution is -0.122. The van der Waals surface area contributed by atoms with Crippen LogP contribution in [0.5, 0.6) is 0 Å². The first-order chi connectivity index (χ1) is 8.70. The Morgan fingerprint density at radius 3 is 2.95 bits per heavy atom. The normalized spacial score (nSPS) is 17.9. The Balaban J connectivity index is 0.00000180. The van der Waals surface area contributed by atoms with Crippen LogP contribution in [0.15, 0.2) is 18.2 Å². The first-order valence-corrected chi connectivity index (χ1v) is 6.83. The van der Waals surface area contributed by atoms with E-state index in [0.29, 0.717) is 12.1 Å². The number of carbonyl (C=O) groups is 1. The molecule has 0 aliphatic carbocycles. The summed E-state index contributed by atoms with van der Waals surface area (Å²) in [7, 11) is 0. The molecule has 106 valence electrons. The molecular formula is C12H16ClFN2O2S. The fourth-order valence-corrected chi connectivity index (χ4v) is 2.65. The van der Waals surface area contributed by atoms with E-state index in [1.165, 1.54) is 12.1 Å². The van der Waals surface area contributed by atoms with Gasteiger partial charge < -0.3 is 10.4 Å². The summed E-state index contributed by atoms with van der Waals surface area (Å²) in [5.74, 6) is 1.05. The lowest BCUT2D eigenvalue weighted by Crippen LogP contribution is -2.41. The molecule has 1 aromatic carbocycles. The van der Waals surface area contributed by atoms with Crippen LogP contribution in [-0.2, 0) is 17.9 Å². The molecule has 1 saturated heterocycles. The van der Waals surface area contributed by atoms with Crippen molar-refractivity contribution in [2.24, 2.45) is 0 Å². The first-order valence-electron chi connectivity index (χ1n) is 5.67. The van der Waals surface area contributed by atoms with Gasteiger partial charge in [-0.05, 0) is 11.6 Å². The van der Waals surface area contributed by atoms with E-state index in [0.717, 1.165) is 11.6 Å². The van der Waals surface area contributed by atoms with Crippen LogP contribution < -0.4 is 10.6 Å². The molecule has 0 saturated carbocycles. The molecule has 1 heterocycles. The Bertz CT molecular complexity index is 442. The van der Waals surface area contributed by atoms with Gasteiger partial charge in [0.05, 0.1) is 12.6 Å². The monoisotopic (exact) mass is 306 g/mol. The van der Waals surface area contributed by atoms with Gasteiger partial charge in [0.25, 0.3) is 0 Å². The van der Waals surface area contributed by atoms with Crippen LogP contribution in [0.1, 0.15) is 11.1 Å². The highest BCUT2D eigenvalue weighted by Gasteiger charge is 2.21. The van der Waals surface area contributed by atoms with Crippen molar-refractivity contribution in [1.29, 1.82) is 0 Å². The van der Waals surface area contributed by atoms with Gasteiger partial charge in [0.1, 0.15) is 5.82 Å². The van der Waals surface area contributed by atoms with Gasteiger partial charge in [0.2, 0.25) is 5.91 Å². The largest absolute Gasteiger partial charge is 0.392 e. The highest BCUT2D eigenvalue weighted by atomic mass is 35.5. The van der Waals surface area contributed by atoms with Crippen molar-refractivity contribution < 1.29 is 14.3 Å². The molecule has 4 nitrogen and oxygen atoms in total. The van der Waals surface area contributed by atoms with Gasteiger partial charge in [0.15, 0.2) is 0 Å². The maximum absolute atomic E-state index is 13.4. The van der Waals surface area contributed by atoms with Crippen LogP contribution in [0.4, 0.5) is 4.39 Å². The van der Waals surface area contributed by atoms with Gasteiger partial charge in [-0.25, -0.2) is 4.39 Å². The van der Waals surface area contributed by atoms with E-state index >= 15 is 0 Å². The van der Waals surface area contributed by atoms with E-state index in [2.05, 4.69) is 10.6 Å². The molecule has 0 bridgehead atoms. The Morgan fingerprint density at radius 1 is 1.58 bits per heavy atom. The van der Waals surface area contributed by atoms with Crippen LogP contribution in [0.2, 0.25) is 0 Å². The first kappa shape index (κ1) is 16.2. The second kappa shape index (κ2) is 7.69. The van der Waals surface area contributed by atoms with Crippen LogP contribution in [0.25, 0.3) is 0 Å². The minimum atomic E-state index is -0.446. The summed E-state index contributed by atoms with van der Waals surface area (Å²) in [5, 5.41) is 14.7. The van der Waals surface area contributed by atoms with Crippen LogP contribution in [0, 0.1) is 5.82 Å². The minimum absolute atomic E-state index is 0. The summed E-state index contributed by atoms with van der Waals surface area (Å²) in [6.45, 7) is -0.0218. The highest BCUT2D eigenvalue weighted by Crippen LogP contribution is 2.12. The van der Waals surface area contributed by atoms with Crippen LogP contribution in [0.3, 0.4) is 0 Å². The maximum Gasteiger partial charge on any atom is 0.238 e. The molecule has 1 atom stereocenters. The number of halogens is 2. The molecule has 7 heteroatoms. The summed E-state index contributed by atoms with van der Waals surface area (Å²) in [6, 6.07) is 4.41. The lowest BCUT2D eigenvalue weighted by atomic mass is 10.1. The van der Waals surface area contributed by atoms with Crippen molar-refractivity contribution in [3.63, 3.8) is 0 Å². The Labute approximate surface area is 121 Å². The topological polar surface area (TPSA) is 61.4 Å². The van der Waals surface area contributed by atoms with Crippen LogP contribution in [-0.4, -0.2) is 28.7 Å². The van der Waals surface area contributed by atoms with Gasteiger partial charge in [-0.3, -0.25) is 10.1 Å². The molecule has 1 aliphatic rings. The highest BCUT2D eigenvalue weighted by molar-refractivity contribution is 7.99. The molecule has 19 heavy (non-hydrogen) atoms. The van der Waals surface area contributed by atoms with Crippen LogP contribution >= 0.6 is 24.2 Å². The second-order valence-corrected chi connectivity index (χ2v) is 5.10. The lowest BCUT2D eigenvalue weighted by Gasteiger charge is -2.11. The summed E-state index contributed by atoms with van der Waals surface area (Å²) in [6.07, 6.45) is 0. The number of hydrogen-bond acceptors (Lipinski definition) is 4. The van der Waals surface area contributed by atoms with Gasteiger partial charge >= 0.3 is 0 Å². The van der Waals surface area contributed by atoms with E-state index in [-0.39, 0.29) is 36.5 Å². The summed E-state index contributed by atoms with van der Waals surface area (Å²) < 4.78 is 13.4. The zero-order valence-electron chi connectivity index (χ0n) is 10.2. The molecule has 1 aromatic rings. The van der Waals surface area contributed by atoms with Crippen molar-refractivity contribution >= 4 is 30.1 Å². The molecule has 1 fully saturated rings. The molecule has 2 rings (SSSR count). The average Bonchev–Trinajstić information content (AvgIpc) is 2.90. The summed E-state index contributed by atoms with van der Waals surface area (Å²) in [4.78, 5) is 11.7. The number of thioether (sulfide) groups is 1. The average molecular weight is 307 g/mol. The third-order valence-corrected chi connectivity index (χ3v) is 3.73. The molecule has 0 radical (unpaired) electrons. The van der Waals surface area contributed by atoms with E-state index < -0.39 is 5.82 Å². The second-order valence-electron chi connectivity index (χ2n) is 4.07. The number of amides is 1. The van der Waals surface area contributed by atoms with E-state index in [1.54, 1.807) is 17.8 Å². The van der Waals surface area contributed by atoms with Gasteiger partial charge in [-0.1, -0.05) is 12.1 Å². The fraction of sp³-hybridized carbons (Fsp3) is 0.417. The molecule has 3 N–H and O–H groups in total. The number of nitrogens with one attached hydrogen (secondary N) is 2. The van der Waals surface area contributed by atoms with Crippen molar-refractivity contribution in [2.45, 2.75) is 19.2 Å². The van der Waals surface area contributed by atoms with E-state index in [9.17, 15) is 9.18 Å². The van der Waals surface area contributed by atoms with Gasteiger partial charge in [-0.2, -0.15) is 0 Å². The van der Waals surface area contributed by atoms with E-state index in [1.807, 2.05) is 0 Å². The smallest absolute Gasteiger partial charge is 0.238 e. The Hall–Kier alpha value is -0.820. The van der Waals surface area contributed by atoms with Crippen molar-refractivity contribution in [3.05, 3.63) is 35.1 Å². The molecule has 1 aliphatic heterocycles. The van der Waals surface area contributed by atoms with E-state index in [4.69, 9.17) is 5.11 Å². The Kier molecular flexibility index (Phi) is 6.57. The number of aliphatic hydroxyl groups is 1. The standard InChI is InChI=1S/C12H15FN2O2S.ClH/c13-10-3-8(1-2-9(10)5-16)4-14-12(17)11-6-18-7-15-11;/h1-3,11,15-16H,4-7H2,(H,14,17);1H. The maximum atomic E-state index is 13.4. The fourth-order valence-electron chi connectivity index (χ4n) is 1.70.